The summed E-state index contributed by atoms with van der Waals surface area (Å²) in [5, 5.41) is 0. The van der Waals surface area contributed by atoms with E-state index >= 15 is 0 Å². The van der Waals surface area contributed by atoms with Gasteiger partial charge in [-0.05, 0) is 6.08 Å². The van der Waals surface area contributed by atoms with E-state index in [0.717, 1.165) is 0 Å². The van der Waals surface area contributed by atoms with Crippen molar-refractivity contribution in [3.8, 4) is 0 Å². The molecular weight excluding hydrogens is 219 g/mol. The summed E-state index contributed by atoms with van der Waals surface area (Å²) in [5.41, 5.74) is 0. The Morgan fingerprint density at radius 2 is 1.94 bits per heavy atom. The lowest BCUT2D eigenvalue weighted by atomic mass is 10.1. The summed E-state index contributed by atoms with van der Waals surface area (Å²) in [5.74, 6) is -1.12. The van der Waals surface area contributed by atoms with Crippen molar-refractivity contribution in [2.75, 3.05) is 6.67 Å². The van der Waals surface area contributed by atoms with E-state index in [2.05, 4.69) is 0 Å². The number of hydrogen-bond donors (Lipinski definition) is 0. The van der Waals surface area contributed by atoms with Gasteiger partial charge < -0.3 is 14.2 Å². The van der Waals surface area contributed by atoms with Crippen LogP contribution in [0.5, 0.6) is 0 Å². The molecule has 0 aromatic heterocycles. The number of carbonyl (C=O) groups excluding carboxylic acids is 2. The maximum Gasteiger partial charge on any atom is 0.303 e. The molecule has 16 heavy (non-hydrogen) atoms. The minimum Gasteiger partial charge on any atom is -0.491 e. The number of alkyl halides is 1. The second-order valence-electron chi connectivity index (χ2n) is 3.31. The molecule has 0 radical (unpaired) electrons. The van der Waals surface area contributed by atoms with Crippen molar-refractivity contribution < 1.29 is 28.2 Å². The molecule has 0 saturated heterocycles. The van der Waals surface area contributed by atoms with Gasteiger partial charge in [0.25, 0.3) is 0 Å². The molecule has 0 bridgehead atoms. The number of hydrogen-bond acceptors (Lipinski definition) is 5. The molecule has 1 heterocycles. The van der Waals surface area contributed by atoms with Gasteiger partial charge in [-0.15, -0.1) is 0 Å². The minimum atomic E-state index is -0.948. The van der Waals surface area contributed by atoms with E-state index in [-0.39, 0.29) is 0 Å². The van der Waals surface area contributed by atoms with Crippen LogP contribution in [0, 0.1) is 0 Å². The predicted octanol–water partition coefficient (Wildman–Crippen LogP) is 0.732. The number of esters is 2. The lowest BCUT2D eigenvalue weighted by Crippen LogP contribution is -2.46. The molecule has 0 aliphatic carbocycles. The molecule has 0 amide bonds. The fourth-order valence-corrected chi connectivity index (χ4v) is 1.38. The van der Waals surface area contributed by atoms with Crippen LogP contribution in [0.4, 0.5) is 4.39 Å². The van der Waals surface area contributed by atoms with Gasteiger partial charge in [0.15, 0.2) is 18.3 Å². The summed E-state index contributed by atoms with van der Waals surface area (Å²) in [6.45, 7) is 1.58. The second kappa shape index (κ2) is 5.48. The first-order valence-corrected chi connectivity index (χ1v) is 4.77. The van der Waals surface area contributed by atoms with Crippen LogP contribution in [0.15, 0.2) is 12.3 Å². The van der Waals surface area contributed by atoms with Gasteiger partial charge in [-0.1, -0.05) is 0 Å². The Labute approximate surface area is 92.2 Å². The van der Waals surface area contributed by atoms with E-state index in [9.17, 15) is 14.0 Å². The van der Waals surface area contributed by atoms with Crippen LogP contribution in [-0.2, 0) is 23.8 Å². The maximum absolute atomic E-state index is 12.6. The van der Waals surface area contributed by atoms with Gasteiger partial charge in [-0.25, -0.2) is 4.39 Å². The van der Waals surface area contributed by atoms with Crippen LogP contribution in [0.3, 0.4) is 0 Å². The van der Waals surface area contributed by atoms with Crippen molar-refractivity contribution >= 4 is 11.9 Å². The van der Waals surface area contributed by atoms with Crippen molar-refractivity contribution in [1.29, 1.82) is 0 Å². The Bertz CT molecular complexity index is 302. The molecule has 0 spiro atoms. The zero-order valence-corrected chi connectivity index (χ0v) is 9.01. The molecule has 1 aliphatic rings. The first kappa shape index (κ1) is 12.5. The summed E-state index contributed by atoms with van der Waals surface area (Å²) < 4.78 is 27.3. The number of carbonyl (C=O) groups is 2. The molecule has 5 nitrogen and oxygen atoms in total. The Balaban J connectivity index is 2.77. The molecule has 6 heteroatoms. The van der Waals surface area contributed by atoms with Crippen LogP contribution in [0.2, 0.25) is 0 Å². The molecule has 0 aromatic rings. The third-order valence-corrected chi connectivity index (χ3v) is 1.97. The third-order valence-electron chi connectivity index (χ3n) is 1.97. The average molecular weight is 232 g/mol. The summed E-state index contributed by atoms with van der Waals surface area (Å²) >= 11 is 0. The summed E-state index contributed by atoms with van der Waals surface area (Å²) in [6.07, 6.45) is -0.0653. The lowest BCUT2D eigenvalue weighted by molar-refractivity contribution is -0.174. The van der Waals surface area contributed by atoms with Crippen LogP contribution in [0.25, 0.3) is 0 Å². The van der Waals surface area contributed by atoms with E-state index in [4.69, 9.17) is 14.2 Å². The van der Waals surface area contributed by atoms with E-state index in [0.29, 0.717) is 0 Å². The van der Waals surface area contributed by atoms with Gasteiger partial charge in [0, 0.05) is 13.8 Å². The van der Waals surface area contributed by atoms with Gasteiger partial charge in [0.05, 0.1) is 6.26 Å². The molecule has 0 aromatic carbocycles. The van der Waals surface area contributed by atoms with Crippen molar-refractivity contribution in [3.63, 3.8) is 0 Å². The lowest BCUT2D eigenvalue weighted by Gasteiger charge is -2.31. The quantitative estimate of drug-likeness (QED) is 0.671. The van der Waals surface area contributed by atoms with Gasteiger partial charge in [0.2, 0.25) is 0 Å². The highest BCUT2D eigenvalue weighted by Crippen LogP contribution is 2.19. The molecule has 1 unspecified atom stereocenters. The standard InChI is InChI=1S/C10H13FO5/c1-6(12)15-8-3-4-14-9(5-11)10(8)16-7(2)13/h3-4,8-10H,5H2,1-2H3/t8-,9?,10-/m1/s1. The zero-order chi connectivity index (χ0) is 12.1. The normalized spacial score (nSPS) is 28.1. The monoisotopic (exact) mass is 232 g/mol. The van der Waals surface area contributed by atoms with Crippen LogP contribution in [0.1, 0.15) is 13.8 Å². The largest absolute Gasteiger partial charge is 0.491 e. The number of halogens is 1. The van der Waals surface area contributed by atoms with E-state index < -0.39 is 36.9 Å². The van der Waals surface area contributed by atoms with Crippen molar-refractivity contribution in [2.45, 2.75) is 32.2 Å². The summed E-state index contributed by atoms with van der Waals surface area (Å²) in [7, 11) is 0. The second-order valence-corrected chi connectivity index (χ2v) is 3.31. The van der Waals surface area contributed by atoms with Crippen LogP contribution in [-0.4, -0.2) is 36.9 Å². The topological polar surface area (TPSA) is 61.8 Å². The zero-order valence-electron chi connectivity index (χ0n) is 9.01. The number of ether oxygens (including phenoxy) is 3. The molecule has 0 fully saturated rings. The van der Waals surface area contributed by atoms with Gasteiger partial charge in [-0.2, -0.15) is 0 Å². The van der Waals surface area contributed by atoms with E-state index in [1.807, 2.05) is 0 Å². The molecule has 90 valence electrons. The maximum atomic E-state index is 12.6. The van der Waals surface area contributed by atoms with Crippen LogP contribution >= 0.6 is 0 Å². The first-order valence-electron chi connectivity index (χ1n) is 4.77. The Hall–Kier alpha value is -1.59. The number of rotatable bonds is 3. The fraction of sp³-hybridized carbons (Fsp3) is 0.600. The van der Waals surface area contributed by atoms with Crippen molar-refractivity contribution in [1.82, 2.24) is 0 Å². The highest BCUT2D eigenvalue weighted by atomic mass is 19.1. The SMILES string of the molecule is CC(=O)O[C@@H]1C=COC(CF)[C@@H]1OC(C)=O. The summed E-state index contributed by atoms with van der Waals surface area (Å²) in [6, 6.07) is 0. The van der Waals surface area contributed by atoms with Crippen molar-refractivity contribution in [2.24, 2.45) is 0 Å². The summed E-state index contributed by atoms with van der Waals surface area (Å²) in [4.78, 5) is 21.6. The molecule has 3 atom stereocenters. The van der Waals surface area contributed by atoms with Gasteiger partial charge >= 0.3 is 11.9 Å². The van der Waals surface area contributed by atoms with E-state index in [1.54, 1.807) is 0 Å². The van der Waals surface area contributed by atoms with Gasteiger partial charge in [-0.3, -0.25) is 9.59 Å². The fourth-order valence-electron chi connectivity index (χ4n) is 1.38. The molecule has 0 saturated carbocycles. The molecule has 0 N–H and O–H groups in total. The first-order chi connectivity index (χ1) is 7.54. The average Bonchev–Trinajstić information content (AvgIpc) is 2.19. The Morgan fingerprint density at radius 1 is 1.31 bits per heavy atom. The minimum absolute atomic E-state index is 0.536. The highest BCUT2D eigenvalue weighted by molar-refractivity contribution is 5.67. The van der Waals surface area contributed by atoms with Crippen molar-refractivity contribution in [3.05, 3.63) is 12.3 Å². The molecule has 1 aliphatic heterocycles. The third kappa shape index (κ3) is 3.22. The molecular formula is C10H13FO5. The molecule has 1 rings (SSSR count). The van der Waals surface area contributed by atoms with E-state index in [1.165, 1.54) is 26.2 Å². The highest BCUT2D eigenvalue weighted by Gasteiger charge is 2.37. The Kier molecular flexibility index (Phi) is 4.28. The smallest absolute Gasteiger partial charge is 0.303 e. The van der Waals surface area contributed by atoms with Gasteiger partial charge in [0.1, 0.15) is 6.67 Å². The van der Waals surface area contributed by atoms with Crippen LogP contribution < -0.4 is 0 Å². The predicted molar refractivity (Wildman–Crippen MR) is 51.1 cm³/mol. The Morgan fingerprint density at radius 3 is 2.44 bits per heavy atom.